The van der Waals surface area contributed by atoms with Gasteiger partial charge in [0.15, 0.2) is 0 Å². The van der Waals surface area contributed by atoms with E-state index >= 15 is 0 Å². The molecule has 0 amide bonds. The highest BCUT2D eigenvalue weighted by molar-refractivity contribution is 6.16. The minimum atomic E-state index is 0.404. The van der Waals surface area contributed by atoms with Crippen LogP contribution in [0, 0.1) is 0 Å². The van der Waals surface area contributed by atoms with Gasteiger partial charge in [-0.2, -0.15) is 4.98 Å². The third-order valence-electron chi connectivity index (χ3n) is 2.39. The Morgan fingerprint density at radius 1 is 1.57 bits per heavy atom. The molecule has 0 aromatic carbocycles. The topological polar surface area (TPSA) is 29.3 Å². The van der Waals surface area contributed by atoms with E-state index in [0.717, 1.165) is 18.7 Å². The van der Waals surface area contributed by atoms with E-state index in [1.54, 1.807) is 6.26 Å². The number of aromatic nitrogens is 1. The fraction of sp³-hybridized carbons (Fsp3) is 0.700. The van der Waals surface area contributed by atoms with Crippen LogP contribution >= 0.6 is 11.6 Å². The fourth-order valence-corrected chi connectivity index (χ4v) is 1.47. The maximum Gasteiger partial charge on any atom is 0.297 e. The minimum absolute atomic E-state index is 0.404. The molecule has 3 nitrogen and oxygen atoms in total. The van der Waals surface area contributed by atoms with Gasteiger partial charge in [-0.3, -0.25) is 0 Å². The molecular weight excluding hydrogens is 200 g/mol. The van der Waals surface area contributed by atoms with Gasteiger partial charge in [0.2, 0.25) is 0 Å². The number of oxazole rings is 1. The molecule has 4 heteroatoms. The molecule has 1 atom stereocenters. The zero-order chi connectivity index (χ0) is 10.6. The van der Waals surface area contributed by atoms with Crippen LogP contribution in [-0.2, 0) is 5.88 Å². The second-order valence-electron chi connectivity index (χ2n) is 3.30. The third-order valence-corrected chi connectivity index (χ3v) is 2.66. The number of hydrogen-bond acceptors (Lipinski definition) is 3. The lowest BCUT2D eigenvalue weighted by Crippen LogP contribution is -2.32. The molecule has 14 heavy (non-hydrogen) atoms. The minimum Gasteiger partial charge on any atom is -0.432 e. The van der Waals surface area contributed by atoms with Crippen LogP contribution in [0.15, 0.2) is 10.7 Å². The van der Waals surface area contributed by atoms with Crippen LogP contribution in [-0.4, -0.2) is 17.6 Å². The number of hydrogen-bond donors (Lipinski definition) is 0. The van der Waals surface area contributed by atoms with Crippen molar-refractivity contribution >= 4 is 17.6 Å². The Labute approximate surface area is 90.1 Å². The Morgan fingerprint density at radius 3 is 2.71 bits per heavy atom. The highest BCUT2D eigenvalue weighted by atomic mass is 35.5. The highest BCUT2D eigenvalue weighted by Crippen LogP contribution is 2.18. The zero-order valence-corrected chi connectivity index (χ0v) is 9.71. The summed E-state index contributed by atoms with van der Waals surface area (Å²) in [6.45, 7) is 7.31. The summed E-state index contributed by atoms with van der Waals surface area (Å²) in [5.41, 5.74) is 0.795. The molecule has 0 saturated carbocycles. The number of anilines is 1. The highest BCUT2D eigenvalue weighted by Gasteiger charge is 2.15. The fourth-order valence-electron chi connectivity index (χ4n) is 1.35. The number of nitrogens with zero attached hydrogens (tertiary/aromatic N) is 2. The van der Waals surface area contributed by atoms with E-state index in [9.17, 15) is 0 Å². The van der Waals surface area contributed by atoms with Crippen molar-refractivity contribution < 1.29 is 4.42 Å². The molecule has 0 saturated heterocycles. The molecule has 0 bridgehead atoms. The lowest BCUT2D eigenvalue weighted by atomic mass is 10.2. The summed E-state index contributed by atoms with van der Waals surface area (Å²) in [4.78, 5) is 6.43. The molecule has 1 heterocycles. The van der Waals surface area contributed by atoms with Gasteiger partial charge in [0.1, 0.15) is 6.26 Å². The van der Waals surface area contributed by atoms with Crippen molar-refractivity contribution in [2.75, 3.05) is 11.4 Å². The van der Waals surface area contributed by atoms with Crippen LogP contribution < -0.4 is 4.90 Å². The van der Waals surface area contributed by atoms with Crippen LogP contribution in [0.1, 0.15) is 32.9 Å². The Balaban J connectivity index is 2.78. The quantitative estimate of drug-likeness (QED) is 0.709. The van der Waals surface area contributed by atoms with Crippen molar-refractivity contribution in [1.29, 1.82) is 0 Å². The second kappa shape index (κ2) is 5.25. The number of alkyl halides is 1. The number of rotatable bonds is 5. The Hall–Kier alpha value is -0.700. The third kappa shape index (κ3) is 2.41. The van der Waals surface area contributed by atoms with Gasteiger partial charge >= 0.3 is 0 Å². The first-order valence-corrected chi connectivity index (χ1v) is 5.53. The summed E-state index contributed by atoms with van der Waals surface area (Å²) in [7, 11) is 0. The maximum atomic E-state index is 5.66. The van der Waals surface area contributed by atoms with Gasteiger partial charge in [0.25, 0.3) is 6.01 Å². The largest absolute Gasteiger partial charge is 0.432 e. The van der Waals surface area contributed by atoms with Gasteiger partial charge in [0.05, 0.1) is 11.6 Å². The van der Waals surface area contributed by atoms with Crippen molar-refractivity contribution in [3.05, 3.63) is 12.0 Å². The normalized spacial score (nSPS) is 12.9. The summed E-state index contributed by atoms with van der Waals surface area (Å²) < 4.78 is 5.36. The number of halogens is 1. The van der Waals surface area contributed by atoms with Crippen LogP contribution in [0.25, 0.3) is 0 Å². The lowest BCUT2D eigenvalue weighted by Gasteiger charge is -2.24. The van der Waals surface area contributed by atoms with Crippen molar-refractivity contribution in [2.45, 2.75) is 39.1 Å². The van der Waals surface area contributed by atoms with E-state index in [1.807, 2.05) is 0 Å². The molecule has 0 N–H and O–H groups in total. The molecule has 0 aliphatic carbocycles. The smallest absolute Gasteiger partial charge is 0.297 e. The van der Waals surface area contributed by atoms with Gasteiger partial charge in [-0.1, -0.05) is 6.92 Å². The van der Waals surface area contributed by atoms with Crippen molar-refractivity contribution in [1.82, 2.24) is 4.98 Å². The monoisotopic (exact) mass is 216 g/mol. The van der Waals surface area contributed by atoms with E-state index < -0.39 is 0 Å². The van der Waals surface area contributed by atoms with Gasteiger partial charge in [-0.05, 0) is 20.3 Å². The van der Waals surface area contributed by atoms with E-state index in [1.165, 1.54) is 0 Å². The summed E-state index contributed by atoms with van der Waals surface area (Å²) in [6, 6.07) is 1.12. The van der Waals surface area contributed by atoms with E-state index in [0.29, 0.717) is 17.9 Å². The molecule has 1 rings (SSSR count). The first-order chi connectivity index (χ1) is 6.72. The van der Waals surface area contributed by atoms with Gasteiger partial charge < -0.3 is 9.32 Å². The van der Waals surface area contributed by atoms with Crippen LogP contribution in [0.4, 0.5) is 6.01 Å². The first kappa shape index (κ1) is 11.4. The van der Waals surface area contributed by atoms with Gasteiger partial charge in [0, 0.05) is 12.6 Å². The summed E-state index contributed by atoms with van der Waals surface area (Å²) in [6.07, 6.45) is 2.69. The predicted molar refractivity (Wildman–Crippen MR) is 58.8 cm³/mol. The molecule has 0 spiro atoms. The molecule has 1 unspecified atom stereocenters. The molecule has 0 aliphatic heterocycles. The molecule has 1 aromatic rings. The molecule has 0 fully saturated rings. The molecule has 0 radical (unpaired) electrons. The molecular formula is C10H17ClN2O. The van der Waals surface area contributed by atoms with Gasteiger partial charge in [-0.15, -0.1) is 11.6 Å². The molecule has 0 aliphatic rings. The van der Waals surface area contributed by atoms with Crippen molar-refractivity contribution in [3.63, 3.8) is 0 Å². The first-order valence-electron chi connectivity index (χ1n) is 4.99. The molecule has 1 aromatic heterocycles. The zero-order valence-electron chi connectivity index (χ0n) is 8.96. The Bertz CT molecular complexity index is 275. The van der Waals surface area contributed by atoms with E-state index in [4.69, 9.17) is 16.0 Å². The Morgan fingerprint density at radius 2 is 2.29 bits per heavy atom. The summed E-state index contributed by atoms with van der Waals surface area (Å²) in [5, 5.41) is 0. The lowest BCUT2D eigenvalue weighted by molar-refractivity contribution is 0.501. The van der Waals surface area contributed by atoms with Crippen LogP contribution in [0.5, 0.6) is 0 Å². The average Bonchev–Trinajstić information content (AvgIpc) is 2.67. The Kier molecular flexibility index (Phi) is 4.26. The van der Waals surface area contributed by atoms with Crippen molar-refractivity contribution in [3.8, 4) is 0 Å². The van der Waals surface area contributed by atoms with Crippen LogP contribution in [0.3, 0.4) is 0 Å². The standard InChI is InChI=1S/C10H17ClN2O/c1-4-8(3)13(5-2)10-12-9(6-11)7-14-10/h7-8H,4-6H2,1-3H3. The summed E-state index contributed by atoms with van der Waals surface area (Å²) in [5.74, 6) is 0.404. The van der Waals surface area contributed by atoms with E-state index in [-0.39, 0.29) is 0 Å². The SMILES string of the molecule is CCC(C)N(CC)c1nc(CCl)co1. The molecule has 80 valence electrons. The predicted octanol–water partition coefficient (Wildman–Crippen LogP) is 3.04. The van der Waals surface area contributed by atoms with Crippen molar-refractivity contribution in [2.24, 2.45) is 0 Å². The maximum absolute atomic E-state index is 5.66. The van der Waals surface area contributed by atoms with Gasteiger partial charge in [-0.25, -0.2) is 0 Å². The van der Waals surface area contributed by atoms with E-state index in [2.05, 4.69) is 30.7 Å². The summed E-state index contributed by atoms with van der Waals surface area (Å²) >= 11 is 5.66. The second-order valence-corrected chi connectivity index (χ2v) is 3.57. The van der Waals surface area contributed by atoms with Crippen LogP contribution in [0.2, 0.25) is 0 Å². The average molecular weight is 217 g/mol.